The fourth-order valence-electron chi connectivity index (χ4n) is 3.90. The van der Waals surface area contributed by atoms with Gasteiger partial charge in [-0.25, -0.2) is 0 Å². The van der Waals surface area contributed by atoms with E-state index in [9.17, 15) is 0 Å². The second kappa shape index (κ2) is 8.85. The quantitative estimate of drug-likeness (QED) is 0.436. The van der Waals surface area contributed by atoms with E-state index >= 15 is 0 Å². The van der Waals surface area contributed by atoms with Crippen molar-refractivity contribution in [3.8, 4) is 16.9 Å². The molecule has 0 saturated carbocycles. The van der Waals surface area contributed by atoms with Crippen LogP contribution >= 0.6 is 0 Å². The Hall–Kier alpha value is -3.26. The smallest absolute Gasteiger partial charge is 0.160 e. The predicted octanol–water partition coefficient (Wildman–Crippen LogP) is 3.31. The first kappa shape index (κ1) is 21.0. The van der Waals surface area contributed by atoms with Crippen molar-refractivity contribution in [2.45, 2.75) is 39.8 Å². The van der Waals surface area contributed by atoms with E-state index in [-0.39, 0.29) is 0 Å². The highest BCUT2D eigenvalue weighted by Crippen LogP contribution is 2.30. The molecule has 8 nitrogen and oxygen atoms in total. The summed E-state index contributed by atoms with van der Waals surface area (Å²) in [4.78, 5) is 2.09. The number of aromatic nitrogens is 6. The van der Waals surface area contributed by atoms with Crippen molar-refractivity contribution in [3.05, 3.63) is 59.6 Å². The molecule has 0 radical (unpaired) electrons. The maximum Gasteiger partial charge on any atom is 0.160 e. The molecule has 8 heteroatoms. The maximum atomic E-state index is 5.52. The van der Waals surface area contributed by atoms with E-state index in [0.29, 0.717) is 0 Å². The van der Waals surface area contributed by atoms with Crippen molar-refractivity contribution in [1.82, 2.24) is 34.3 Å². The molecule has 0 fully saturated rings. The summed E-state index contributed by atoms with van der Waals surface area (Å²) in [5.41, 5.74) is 4.43. The van der Waals surface area contributed by atoms with Gasteiger partial charge in [0.15, 0.2) is 11.5 Å². The number of nitrogens with zero attached hydrogens (tertiary/aromatic N) is 7. The summed E-state index contributed by atoms with van der Waals surface area (Å²) in [7, 11) is 5.77. The molecule has 0 atom stereocenters. The predicted molar refractivity (Wildman–Crippen MR) is 120 cm³/mol. The number of hydrogen-bond acceptors (Lipinski definition) is 6. The van der Waals surface area contributed by atoms with Crippen LogP contribution in [0.1, 0.15) is 29.5 Å². The molecule has 1 aromatic carbocycles. The van der Waals surface area contributed by atoms with Gasteiger partial charge in [-0.05, 0) is 81.7 Å². The largest absolute Gasteiger partial charge is 0.497 e. The van der Waals surface area contributed by atoms with Crippen molar-refractivity contribution in [3.63, 3.8) is 0 Å². The highest BCUT2D eigenvalue weighted by molar-refractivity contribution is 5.70. The van der Waals surface area contributed by atoms with Crippen LogP contribution in [0.4, 0.5) is 0 Å². The molecule has 0 amide bonds. The van der Waals surface area contributed by atoms with Gasteiger partial charge in [0.2, 0.25) is 0 Å². The number of hydrogen-bond donors (Lipinski definition) is 0. The van der Waals surface area contributed by atoms with Crippen LogP contribution < -0.4 is 4.74 Å². The number of benzene rings is 1. The molecule has 162 valence electrons. The Labute approximate surface area is 182 Å². The molecule has 4 aromatic rings. The Balaban J connectivity index is 1.65. The lowest BCUT2D eigenvalue weighted by Gasteiger charge is -2.14. The lowest BCUT2D eigenvalue weighted by Crippen LogP contribution is -2.13. The highest BCUT2D eigenvalue weighted by Gasteiger charge is 2.12. The van der Waals surface area contributed by atoms with Gasteiger partial charge in [-0.15, -0.1) is 20.4 Å². The SMILES string of the molecule is COc1ccc(CCCn2c(C)nnc2C)c(-c2ccc3nnc(CN(C)C)n3c2)c1. The van der Waals surface area contributed by atoms with Crippen LogP contribution in [0.25, 0.3) is 16.8 Å². The third kappa shape index (κ3) is 4.44. The molecule has 0 N–H and O–H groups in total. The molecule has 31 heavy (non-hydrogen) atoms. The zero-order valence-corrected chi connectivity index (χ0v) is 18.8. The standard InChI is InChI=1S/C23H29N7O/c1-16-24-25-17(2)29(16)12-6-7-18-8-10-20(31-5)13-21(18)19-9-11-22-26-27-23(15-28(3)4)30(22)14-19/h8-11,13-14H,6-7,12,15H2,1-5H3. The topological polar surface area (TPSA) is 73.4 Å². The normalized spacial score (nSPS) is 11.5. The van der Waals surface area contributed by atoms with Crippen molar-refractivity contribution < 1.29 is 4.74 Å². The van der Waals surface area contributed by atoms with Crippen molar-refractivity contribution in [1.29, 1.82) is 0 Å². The third-order valence-electron chi connectivity index (χ3n) is 5.51. The van der Waals surface area contributed by atoms with Crippen LogP contribution in [0, 0.1) is 13.8 Å². The first-order valence-electron chi connectivity index (χ1n) is 10.5. The Morgan fingerprint density at radius 3 is 2.45 bits per heavy atom. The molecule has 0 saturated heterocycles. The van der Waals surface area contributed by atoms with Gasteiger partial charge in [-0.3, -0.25) is 4.40 Å². The fourth-order valence-corrected chi connectivity index (χ4v) is 3.90. The van der Waals surface area contributed by atoms with Crippen LogP contribution in [-0.4, -0.2) is 55.5 Å². The number of aryl methyl sites for hydroxylation is 3. The molecule has 0 aliphatic rings. The van der Waals surface area contributed by atoms with E-state index in [1.807, 2.05) is 40.1 Å². The molecular weight excluding hydrogens is 390 g/mol. The average Bonchev–Trinajstić information content (AvgIpc) is 3.30. The third-order valence-corrected chi connectivity index (χ3v) is 5.51. The van der Waals surface area contributed by atoms with E-state index in [4.69, 9.17) is 4.74 Å². The van der Waals surface area contributed by atoms with Gasteiger partial charge in [-0.1, -0.05) is 6.07 Å². The van der Waals surface area contributed by atoms with E-state index in [0.717, 1.165) is 60.4 Å². The van der Waals surface area contributed by atoms with Gasteiger partial charge in [0.1, 0.15) is 17.4 Å². The van der Waals surface area contributed by atoms with Crippen molar-refractivity contribution in [2.24, 2.45) is 0 Å². The molecule has 0 bridgehead atoms. The molecular formula is C23H29N7O. The van der Waals surface area contributed by atoms with E-state index < -0.39 is 0 Å². The van der Waals surface area contributed by atoms with Gasteiger partial charge < -0.3 is 14.2 Å². The second-order valence-electron chi connectivity index (χ2n) is 8.07. The molecule has 0 aliphatic carbocycles. The summed E-state index contributed by atoms with van der Waals surface area (Å²) < 4.78 is 9.75. The Bertz CT molecular complexity index is 1170. The second-order valence-corrected chi connectivity index (χ2v) is 8.07. The molecule has 4 rings (SSSR count). The van der Waals surface area contributed by atoms with Crippen LogP contribution in [0.3, 0.4) is 0 Å². The zero-order chi connectivity index (χ0) is 22.0. The lowest BCUT2D eigenvalue weighted by molar-refractivity contribution is 0.388. The van der Waals surface area contributed by atoms with Crippen LogP contribution in [0.2, 0.25) is 0 Å². The molecule has 0 aliphatic heterocycles. The minimum absolute atomic E-state index is 0.729. The minimum Gasteiger partial charge on any atom is -0.497 e. The number of methoxy groups -OCH3 is 1. The summed E-state index contributed by atoms with van der Waals surface area (Å²) >= 11 is 0. The van der Waals surface area contributed by atoms with Gasteiger partial charge in [0, 0.05) is 12.7 Å². The average molecular weight is 420 g/mol. The van der Waals surface area contributed by atoms with Crippen LogP contribution in [-0.2, 0) is 19.5 Å². The summed E-state index contributed by atoms with van der Waals surface area (Å²) in [5.74, 6) is 3.68. The minimum atomic E-state index is 0.729. The fraction of sp³-hybridized carbons (Fsp3) is 0.391. The van der Waals surface area contributed by atoms with Crippen LogP contribution in [0.15, 0.2) is 36.5 Å². The van der Waals surface area contributed by atoms with Gasteiger partial charge in [0.25, 0.3) is 0 Å². The molecule has 3 heterocycles. The number of pyridine rings is 1. The summed E-state index contributed by atoms with van der Waals surface area (Å²) in [5, 5.41) is 17.0. The summed E-state index contributed by atoms with van der Waals surface area (Å²) in [6, 6.07) is 10.4. The first-order valence-corrected chi connectivity index (χ1v) is 10.5. The van der Waals surface area contributed by atoms with E-state index in [1.54, 1.807) is 7.11 Å². The van der Waals surface area contributed by atoms with Crippen LogP contribution in [0.5, 0.6) is 5.75 Å². The maximum absolute atomic E-state index is 5.52. The molecule has 0 spiro atoms. The van der Waals surface area contributed by atoms with Gasteiger partial charge in [-0.2, -0.15) is 0 Å². The Morgan fingerprint density at radius 1 is 0.968 bits per heavy atom. The number of ether oxygens (including phenoxy) is 1. The van der Waals surface area contributed by atoms with Gasteiger partial charge in [0.05, 0.1) is 13.7 Å². The molecule has 3 aromatic heterocycles. The van der Waals surface area contributed by atoms with E-state index in [2.05, 4.69) is 58.7 Å². The summed E-state index contributed by atoms with van der Waals surface area (Å²) in [6.07, 6.45) is 4.07. The van der Waals surface area contributed by atoms with E-state index in [1.165, 1.54) is 11.1 Å². The van der Waals surface area contributed by atoms with Crippen molar-refractivity contribution in [2.75, 3.05) is 21.2 Å². The summed E-state index contributed by atoms with van der Waals surface area (Å²) in [6.45, 7) is 5.62. The molecule has 0 unspecified atom stereocenters. The Morgan fingerprint density at radius 2 is 1.74 bits per heavy atom. The first-order chi connectivity index (χ1) is 15.0. The lowest BCUT2D eigenvalue weighted by atomic mass is 9.97. The Kier molecular flexibility index (Phi) is 5.99. The van der Waals surface area contributed by atoms with Gasteiger partial charge >= 0.3 is 0 Å². The van der Waals surface area contributed by atoms with Crippen molar-refractivity contribution >= 4 is 5.65 Å². The number of fused-ring (bicyclic) bond motifs is 1. The monoisotopic (exact) mass is 419 g/mol. The number of rotatable bonds is 8. The zero-order valence-electron chi connectivity index (χ0n) is 18.8. The highest BCUT2D eigenvalue weighted by atomic mass is 16.5.